The SMILES string of the molecule is COc1cc(C(=O)Oc2ccc(Br)cc2Cl)cc(OC)c1OC. The van der Waals surface area contributed by atoms with Crippen LogP contribution in [0.15, 0.2) is 34.8 Å². The number of carbonyl (C=O) groups is 1. The first-order chi connectivity index (χ1) is 11.0. The molecule has 23 heavy (non-hydrogen) atoms. The first-order valence-electron chi connectivity index (χ1n) is 6.47. The van der Waals surface area contributed by atoms with E-state index in [9.17, 15) is 4.79 Å². The number of ether oxygens (including phenoxy) is 4. The fourth-order valence-electron chi connectivity index (χ4n) is 1.92. The van der Waals surface area contributed by atoms with Crippen LogP contribution in [0, 0.1) is 0 Å². The normalized spacial score (nSPS) is 10.1. The third-order valence-corrected chi connectivity index (χ3v) is 3.79. The van der Waals surface area contributed by atoms with Gasteiger partial charge in [-0.3, -0.25) is 0 Å². The van der Waals surface area contributed by atoms with E-state index in [1.807, 2.05) is 0 Å². The van der Waals surface area contributed by atoms with Crippen LogP contribution < -0.4 is 18.9 Å². The van der Waals surface area contributed by atoms with Crippen molar-refractivity contribution in [3.8, 4) is 23.0 Å². The highest BCUT2D eigenvalue weighted by molar-refractivity contribution is 9.10. The van der Waals surface area contributed by atoms with Crippen LogP contribution in [-0.2, 0) is 0 Å². The summed E-state index contributed by atoms with van der Waals surface area (Å²) in [6, 6.07) is 7.98. The van der Waals surface area contributed by atoms with E-state index in [1.54, 1.807) is 18.2 Å². The first kappa shape index (κ1) is 17.4. The quantitative estimate of drug-likeness (QED) is 0.551. The molecule has 0 heterocycles. The van der Waals surface area contributed by atoms with Crippen LogP contribution in [-0.4, -0.2) is 27.3 Å². The zero-order valence-corrected chi connectivity index (χ0v) is 15.0. The molecule has 0 amide bonds. The molecule has 0 fully saturated rings. The maximum atomic E-state index is 12.3. The maximum Gasteiger partial charge on any atom is 0.343 e. The van der Waals surface area contributed by atoms with E-state index in [4.69, 9.17) is 30.5 Å². The predicted octanol–water partition coefficient (Wildman–Crippen LogP) is 4.35. The molecule has 0 saturated carbocycles. The summed E-state index contributed by atoms with van der Waals surface area (Å²) in [5.41, 5.74) is 0.249. The Bertz CT molecular complexity index is 707. The molecule has 7 heteroatoms. The Morgan fingerprint density at radius 3 is 2.04 bits per heavy atom. The van der Waals surface area contributed by atoms with E-state index in [0.29, 0.717) is 22.3 Å². The van der Waals surface area contributed by atoms with Gasteiger partial charge in [0, 0.05) is 4.47 Å². The van der Waals surface area contributed by atoms with Crippen LogP contribution in [0.2, 0.25) is 5.02 Å². The van der Waals surface area contributed by atoms with Crippen molar-refractivity contribution < 1.29 is 23.7 Å². The molecule has 2 rings (SSSR count). The molecule has 122 valence electrons. The van der Waals surface area contributed by atoms with Gasteiger partial charge in [0.2, 0.25) is 5.75 Å². The lowest BCUT2D eigenvalue weighted by molar-refractivity contribution is 0.0734. The van der Waals surface area contributed by atoms with Crippen molar-refractivity contribution in [2.24, 2.45) is 0 Å². The third-order valence-electron chi connectivity index (χ3n) is 3.00. The summed E-state index contributed by atoms with van der Waals surface area (Å²) in [6.45, 7) is 0. The van der Waals surface area contributed by atoms with E-state index in [1.165, 1.54) is 33.5 Å². The minimum absolute atomic E-state index is 0.249. The zero-order chi connectivity index (χ0) is 17.0. The number of methoxy groups -OCH3 is 3. The number of benzene rings is 2. The predicted molar refractivity (Wildman–Crippen MR) is 90.2 cm³/mol. The third kappa shape index (κ3) is 3.89. The van der Waals surface area contributed by atoms with Gasteiger partial charge in [-0.1, -0.05) is 27.5 Å². The fraction of sp³-hybridized carbons (Fsp3) is 0.188. The molecule has 0 aliphatic carbocycles. The Balaban J connectivity index is 2.35. The Kier molecular flexibility index (Phi) is 5.74. The molecule has 0 radical (unpaired) electrons. The highest BCUT2D eigenvalue weighted by Gasteiger charge is 2.19. The number of esters is 1. The van der Waals surface area contributed by atoms with Gasteiger partial charge in [0.25, 0.3) is 0 Å². The van der Waals surface area contributed by atoms with Crippen LogP contribution >= 0.6 is 27.5 Å². The van der Waals surface area contributed by atoms with Crippen molar-refractivity contribution in [1.82, 2.24) is 0 Å². The monoisotopic (exact) mass is 400 g/mol. The van der Waals surface area contributed by atoms with Gasteiger partial charge in [0.1, 0.15) is 5.75 Å². The van der Waals surface area contributed by atoms with Gasteiger partial charge in [-0.05, 0) is 30.3 Å². The number of hydrogen-bond acceptors (Lipinski definition) is 5. The lowest BCUT2D eigenvalue weighted by Crippen LogP contribution is -2.10. The Hall–Kier alpha value is -1.92. The van der Waals surface area contributed by atoms with Gasteiger partial charge in [0.15, 0.2) is 11.5 Å². The Morgan fingerprint density at radius 1 is 0.957 bits per heavy atom. The standard InChI is InChI=1S/C16H14BrClO5/c1-20-13-6-9(7-14(21-2)15(13)22-3)16(19)23-12-5-4-10(17)8-11(12)18/h4-8H,1-3H3. The molecule has 0 N–H and O–H groups in total. The average Bonchev–Trinajstić information content (AvgIpc) is 2.55. The van der Waals surface area contributed by atoms with Gasteiger partial charge < -0.3 is 18.9 Å². The molecule has 0 bridgehead atoms. The second kappa shape index (κ2) is 7.57. The number of carbonyl (C=O) groups excluding carboxylic acids is 1. The van der Waals surface area contributed by atoms with Crippen molar-refractivity contribution in [3.63, 3.8) is 0 Å². The number of halogens is 2. The van der Waals surface area contributed by atoms with Crippen LogP contribution in [0.5, 0.6) is 23.0 Å². The second-order valence-electron chi connectivity index (χ2n) is 4.38. The minimum atomic E-state index is -0.589. The van der Waals surface area contributed by atoms with E-state index in [2.05, 4.69) is 15.9 Å². The first-order valence-corrected chi connectivity index (χ1v) is 7.64. The van der Waals surface area contributed by atoms with Gasteiger partial charge in [-0.2, -0.15) is 0 Å². The molecule has 5 nitrogen and oxygen atoms in total. The molecule has 2 aromatic carbocycles. The van der Waals surface area contributed by atoms with Crippen LogP contribution in [0.4, 0.5) is 0 Å². The molecule has 0 unspecified atom stereocenters. The fourth-order valence-corrected chi connectivity index (χ4v) is 2.63. The largest absolute Gasteiger partial charge is 0.493 e. The van der Waals surface area contributed by atoms with Gasteiger partial charge >= 0.3 is 5.97 Å². The van der Waals surface area contributed by atoms with E-state index in [0.717, 1.165) is 4.47 Å². The van der Waals surface area contributed by atoms with Crippen LogP contribution in [0.1, 0.15) is 10.4 Å². The lowest BCUT2D eigenvalue weighted by Gasteiger charge is -2.14. The number of rotatable bonds is 5. The zero-order valence-electron chi connectivity index (χ0n) is 12.7. The van der Waals surface area contributed by atoms with Crippen molar-refractivity contribution in [2.45, 2.75) is 0 Å². The van der Waals surface area contributed by atoms with Crippen molar-refractivity contribution in [3.05, 3.63) is 45.4 Å². The molecule has 0 aliphatic rings. The molecule has 0 atom stereocenters. The molecule has 0 aromatic heterocycles. The maximum absolute atomic E-state index is 12.3. The van der Waals surface area contributed by atoms with E-state index in [-0.39, 0.29) is 11.3 Å². The summed E-state index contributed by atoms with van der Waals surface area (Å²) >= 11 is 9.34. The van der Waals surface area contributed by atoms with Gasteiger partial charge in [-0.25, -0.2) is 4.79 Å². The Morgan fingerprint density at radius 2 is 1.57 bits per heavy atom. The van der Waals surface area contributed by atoms with Gasteiger partial charge in [-0.15, -0.1) is 0 Å². The summed E-state index contributed by atoms with van der Waals surface area (Å²) < 4.78 is 21.7. The van der Waals surface area contributed by atoms with Gasteiger partial charge in [0.05, 0.1) is 31.9 Å². The number of hydrogen-bond donors (Lipinski definition) is 0. The molecule has 0 saturated heterocycles. The van der Waals surface area contributed by atoms with E-state index < -0.39 is 5.97 Å². The highest BCUT2D eigenvalue weighted by Crippen LogP contribution is 2.38. The van der Waals surface area contributed by atoms with Crippen molar-refractivity contribution in [1.29, 1.82) is 0 Å². The van der Waals surface area contributed by atoms with Crippen LogP contribution in [0.3, 0.4) is 0 Å². The molecule has 0 spiro atoms. The smallest absolute Gasteiger partial charge is 0.343 e. The second-order valence-corrected chi connectivity index (χ2v) is 5.70. The lowest BCUT2D eigenvalue weighted by atomic mass is 10.2. The molecule has 0 aliphatic heterocycles. The Labute approximate surface area is 147 Å². The summed E-state index contributed by atoms with van der Waals surface area (Å²) in [6.07, 6.45) is 0. The highest BCUT2D eigenvalue weighted by atomic mass is 79.9. The molecular formula is C16H14BrClO5. The summed E-state index contributed by atoms with van der Waals surface area (Å²) in [5.74, 6) is 0.789. The summed E-state index contributed by atoms with van der Waals surface area (Å²) in [5, 5.41) is 0.320. The van der Waals surface area contributed by atoms with E-state index >= 15 is 0 Å². The topological polar surface area (TPSA) is 54.0 Å². The molecule has 2 aromatic rings. The summed E-state index contributed by atoms with van der Waals surface area (Å²) in [4.78, 5) is 12.3. The van der Waals surface area contributed by atoms with Crippen LogP contribution in [0.25, 0.3) is 0 Å². The van der Waals surface area contributed by atoms with Crippen molar-refractivity contribution in [2.75, 3.05) is 21.3 Å². The average molecular weight is 402 g/mol. The molecular weight excluding hydrogens is 388 g/mol. The summed E-state index contributed by atoms with van der Waals surface area (Å²) in [7, 11) is 4.43. The minimum Gasteiger partial charge on any atom is -0.493 e. The van der Waals surface area contributed by atoms with Crippen molar-refractivity contribution >= 4 is 33.5 Å².